The Balaban J connectivity index is 2.84. The maximum absolute atomic E-state index is 12.0. The summed E-state index contributed by atoms with van der Waals surface area (Å²) in [5, 5.41) is 11.7. The first-order valence-electron chi connectivity index (χ1n) is 5.83. The van der Waals surface area contributed by atoms with E-state index in [0.717, 1.165) is 0 Å². The molecule has 0 aliphatic carbocycles. The van der Waals surface area contributed by atoms with Crippen LogP contribution in [0.25, 0.3) is 0 Å². The number of hydrogen-bond donors (Lipinski definition) is 2. The van der Waals surface area contributed by atoms with Crippen LogP contribution in [0.3, 0.4) is 0 Å². The van der Waals surface area contributed by atoms with Crippen molar-refractivity contribution in [2.75, 3.05) is 0 Å². The summed E-state index contributed by atoms with van der Waals surface area (Å²) in [7, 11) is 0. The van der Waals surface area contributed by atoms with Gasteiger partial charge in [0.05, 0.1) is 18.2 Å². The van der Waals surface area contributed by atoms with Gasteiger partial charge in [0.25, 0.3) is 5.91 Å². The topological polar surface area (TPSA) is 92.2 Å². The molecule has 1 heterocycles. The lowest BCUT2D eigenvalue weighted by Gasteiger charge is -2.31. The van der Waals surface area contributed by atoms with Crippen molar-refractivity contribution in [2.45, 2.75) is 38.6 Å². The van der Waals surface area contributed by atoms with Crippen molar-refractivity contribution in [3.05, 3.63) is 24.3 Å². The van der Waals surface area contributed by atoms with Gasteiger partial charge in [-0.05, 0) is 12.8 Å². The van der Waals surface area contributed by atoms with Crippen molar-refractivity contribution in [3.63, 3.8) is 0 Å². The Kier molecular flexibility index (Phi) is 4.76. The maximum atomic E-state index is 12.0. The van der Waals surface area contributed by atoms with Crippen molar-refractivity contribution >= 4 is 11.9 Å². The van der Waals surface area contributed by atoms with E-state index < -0.39 is 17.4 Å². The molecule has 0 unspecified atom stereocenters. The maximum Gasteiger partial charge on any atom is 0.305 e. The third-order valence-corrected chi connectivity index (χ3v) is 3.02. The van der Waals surface area contributed by atoms with Gasteiger partial charge in [-0.25, -0.2) is 4.98 Å². The van der Waals surface area contributed by atoms with E-state index in [1.807, 2.05) is 13.8 Å². The van der Waals surface area contributed by atoms with Gasteiger partial charge in [0.15, 0.2) is 0 Å². The number of carbonyl (C=O) groups is 2. The van der Waals surface area contributed by atoms with Crippen LogP contribution in [-0.4, -0.2) is 32.5 Å². The fourth-order valence-electron chi connectivity index (χ4n) is 1.73. The minimum atomic E-state index is -0.932. The van der Waals surface area contributed by atoms with E-state index in [1.165, 1.54) is 18.6 Å². The fraction of sp³-hybridized carbons (Fsp3) is 0.500. The molecule has 0 aliphatic heterocycles. The Morgan fingerprint density at radius 1 is 1.33 bits per heavy atom. The third-order valence-electron chi connectivity index (χ3n) is 3.02. The minimum Gasteiger partial charge on any atom is -0.481 e. The van der Waals surface area contributed by atoms with Crippen molar-refractivity contribution in [1.82, 2.24) is 15.3 Å². The van der Waals surface area contributed by atoms with Crippen LogP contribution in [0.4, 0.5) is 0 Å². The monoisotopic (exact) mass is 251 g/mol. The van der Waals surface area contributed by atoms with Crippen LogP contribution in [0, 0.1) is 0 Å². The predicted molar refractivity (Wildman–Crippen MR) is 65.1 cm³/mol. The molecule has 0 atom stereocenters. The van der Waals surface area contributed by atoms with Crippen molar-refractivity contribution < 1.29 is 14.7 Å². The molecule has 0 aromatic carbocycles. The average Bonchev–Trinajstić information content (AvgIpc) is 2.38. The van der Waals surface area contributed by atoms with Crippen molar-refractivity contribution in [1.29, 1.82) is 0 Å². The number of nitrogens with one attached hydrogen (secondary N) is 1. The molecule has 0 aliphatic rings. The van der Waals surface area contributed by atoms with Gasteiger partial charge in [0.1, 0.15) is 5.69 Å². The molecule has 0 saturated carbocycles. The van der Waals surface area contributed by atoms with Crippen LogP contribution >= 0.6 is 0 Å². The van der Waals surface area contributed by atoms with Gasteiger partial charge in [-0.1, -0.05) is 13.8 Å². The molecular weight excluding hydrogens is 234 g/mol. The van der Waals surface area contributed by atoms with Gasteiger partial charge in [0, 0.05) is 12.4 Å². The van der Waals surface area contributed by atoms with Gasteiger partial charge >= 0.3 is 5.97 Å². The Hall–Kier alpha value is -1.98. The van der Waals surface area contributed by atoms with E-state index in [2.05, 4.69) is 15.3 Å². The summed E-state index contributed by atoms with van der Waals surface area (Å²) >= 11 is 0. The first-order valence-corrected chi connectivity index (χ1v) is 5.83. The number of aromatic nitrogens is 2. The number of aliphatic carboxylic acids is 1. The molecule has 1 rings (SSSR count). The van der Waals surface area contributed by atoms with E-state index in [4.69, 9.17) is 5.11 Å². The Morgan fingerprint density at radius 2 is 2.00 bits per heavy atom. The van der Waals surface area contributed by atoms with Gasteiger partial charge < -0.3 is 10.4 Å². The number of rotatable bonds is 6. The zero-order valence-electron chi connectivity index (χ0n) is 10.5. The summed E-state index contributed by atoms with van der Waals surface area (Å²) < 4.78 is 0. The van der Waals surface area contributed by atoms with Crippen molar-refractivity contribution in [3.8, 4) is 0 Å². The number of amides is 1. The molecule has 6 heteroatoms. The number of carboxylic acids is 1. The highest BCUT2D eigenvalue weighted by atomic mass is 16.4. The molecule has 1 aromatic rings. The van der Waals surface area contributed by atoms with E-state index >= 15 is 0 Å². The SMILES string of the molecule is CCC(CC)(CC(=O)O)NC(=O)c1cnccn1. The molecule has 0 radical (unpaired) electrons. The average molecular weight is 251 g/mol. The Morgan fingerprint density at radius 3 is 2.44 bits per heavy atom. The summed E-state index contributed by atoms with van der Waals surface area (Å²) in [6.07, 6.45) is 5.23. The summed E-state index contributed by atoms with van der Waals surface area (Å²) in [6.45, 7) is 3.70. The zero-order valence-corrected chi connectivity index (χ0v) is 10.5. The molecular formula is C12H17N3O3. The zero-order chi connectivity index (χ0) is 13.6. The van der Waals surface area contributed by atoms with Gasteiger partial charge in [-0.2, -0.15) is 0 Å². The first kappa shape index (κ1) is 14.1. The molecule has 0 saturated heterocycles. The van der Waals surface area contributed by atoms with Crippen LogP contribution in [-0.2, 0) is 4.79 Å². The second kappa shape index (κ2) is 6.09. The lowest BCUT2D eigenvalue weighted by atomic mass is 9.89. The Labute approximate surface area is 105 Å². The minimum absolute atomic E-state index is 0.105. The number of carboxylic acid groups (broad SMARTS) is 1. The van der Waals surface area contributed by atoms with Crippen molar-refractivity contribution in [2.24, 2.45) is 0 Å². The molecule has 0 bridgehead atoms. The normalized spacial score (nSPS) is 11.0. The predicted octanol–water partition coefficient (Wildman–Crippen LogP) is 1.24. The molecule has 1 aromatic heterocycles. The number of hydrogen-bond acceptors (Lipinski definition) is 4. The summed E-state index contributed by atoms with van der Waals surface area (Å²) in [5.74, 6) is -1.33. The number of nitrogens with zero attached hydrogens (tertiary/aromatic N) is 2. The first-order chi connectivity index (χ1) is 8.53. The van der Waals surface area contributed by atoms with E-state index in [0.29, 0.717) is 12.8 Å². The van der Waals surface area contributed by atoms with Crippen LogP contribution in [0.2, 0.25) is 0 Å². The summed E-state index contributed by atoms with van der Waals surface area (Å²) in [6, 6.07) is 0. The van der Waals surface area contributed by atoms with E-state index in [-0.39, 0.29) is 12.1 Å². The third kappa shape index (κ3) is 3.51. The second-order valence-corrected chi connectivity index (χ2v) is 4.10. The highest BCUT2D eigenvalue weighted by Crippen LogP contribution is 2.20. The fourth-order valence-corrected chi connectivity index (χ4v) is 1.73. The second-order valence-electron chi connectivity index (χ2n) is 4.10. The largest absolute Gasteiger partial charge is 0.481 e. The smallest absolute Gasteiger partial charge is 0.305 e. The molecule has 0 spiro atoms. The summed E-state index contributed by atoms with van der Waals surface area (Å²) in [5.41, 5.74) is -0.547. The van der Waals surface area contributed by atoms with Gasteiger partial charge in [0.2, 0.25) is 0 Å². The highest BCUT2D eigenvalue weighted by Gasteiger charge is 2.31. The molecule has 2 N–H and O–H groups in total. The highest BCUT2D eigenvalue weighted by molar-refractivity contribution is 5.92. The molecule has 0 fully saturated rings. The van der Waals surface area contributed by atoms with Gasteiger partial charge in [-0.3, -0.25) is 14.6 Å². The quantitative estimate of drug-likeness (QED) is 0.793. The number of carbonyl (C=O) groups excluding carboxylic acids is 1. The lowest BCUT2D eigenvalue weighted by molar-refractivity contribution is -0.138. The van der Waals surface area contributed by atoms with Crippen LogP contribution in [0.15, 0.2) is 18.6 Å². The molecule has 18 heavy (non-hydrogen) atoms. The summed E-state index contributed by atoms with van der Waals surface area (Å²) in [4.78, 5) is 30.5. The standard InChI is InChI=1S/C12H17N3O3/c1-3-12(4-2,7-10(16)17)15-11(18)9-8-13-5-6-14-9/h5-6,8H,3-4,7H2,1-2H3,(H,15,18)(H,16,17). The molecule has 1 amide bonds. The van der Waals surface area contributed by atoms with Crippen LogP contribution < -0.4 is 5.32 Å². The molecule has 98 valence electrons. The van der Waals surface area contributed by atoms with Crippen LogP contribution in [0.1, 0.15) is 43.6 Å². The molecule has 6 nitrogen and oxygen atoms in total. The van der Waals surface area contributed by atoms with E-state index in [9.17, 15) is 9.59 Å². The van der Waals surface area contributed by atoms with Crippen LogP contribution in [0.5, 0.6) is 0 Å². The van der Waals surface area contributed by atoms with Gasteiger partial charge in [-0.15, -0.1) is 0 Å². The van der Waals surface area contributed by atoms with E-state index in [1.54, 1.807) is 0 Å². The Bertz CT molecular complexity index is 416. The lowest BCUT2D eigenvalue weighted by Crippen LogP contribution is -2.49.